The summed E-state index contributed by atoms with van der Waals surface area (Å²) in [4.78, 5) is 12.8. The largest absolute Gasteiger partial charge is 0.369 e. The number of halogens is 1. The van der Waals surface area contributed by atoms with Gasteiger partial charge in [0.05, 0.1) is 17.9 Å². The first-order chi connectivity index (χ1) is 12.4. The van der Waals surface area contributed by atoms with E-state index < -0.39 is 0 Å². The number of aromatic nitrogens is 2. The van der Waals surface area contributed by atoms with E-state index in [1.807, 2.05) is 26.0 Å². The van der Waals surface area contributed by atoms with Gasteiger partial charge in [0.25, 0.3) is 5.91 Å². The zero-order valence-electron chi connectivity index (χ0n) is 15.4. The van der Waals surface area contributed by atoms with Crippen LogP contribution in [0.4, 0.5) is 4.39 Å². The summed E-state index contributed by atoms with van der Waals surface area (Å²) in [5, 5.41) is 7.33. The summed E-state index contributed by atoms with van der Waals surface area (Å²) in [5.74, 6) is 0.0493. The van der Waals surface area contributed by atoms with Crippen molar-refractivity contribution >= 4 is 5.91 Å². The second-order valence-corrected chi connectivity index (χ2v) is 7.44. The minimum Gasteiger partial charge on any atom is -0.369 e. The van der Waals surface area contributed by atoms with Crippen molar-refractivity contribution in [3.05, 3.63) is 52.1 Å². The molecule has 1 N–H and O–H groups in total. The van der Waals surface area contributed by atoms with Crippen LogP contribution >= 0.6 is 0 Å². The number of benzene rings is 1. The van der Waals surface area contributed by atoms with Crippen molar-refractivity contribution in [2.24, 2.45) is 7.05 Å². The van der Waals surface area contributed by atoms with Crippen molar-refractivity contribution in [1.29, 1.82) is 0 Å². The summed E-state index contributed by atoms with van der Waals surface area (Å²) in [6.45, 7) is 4.11. The van der Waals surface area contributed by atoms with E-state index >= 15 is 0 Å². The average molecular weight is 357 g/mol. The monoisotopic (exact) mass is 357 g/mol. The summed E-state index contributed by atoms with van der Waals surface area (Å²) in [6, 6.07) is 5.23. The Morgan fingerprint density at radius 2 is 2.15 bits per heavy atom. The molecule has 26 heavy (non-hydrogen) atoms. The van der Waals surface area contributed by atoms with E-state index in [9.17, 15) is 9.18 Å². The van der Waals surface area contributed by atoms with Crippen LogP contribution in [0.3, 0.4) is 0 Å². The highest BCUT2D eigenvalue weighted by molar-refractivity contribution is 5.94. The van der Waals surface area contributed by atoms with Crippen LogP contribution in [0.1, 0.15) is 71.6 Å². The van der Waals surface area contributed by atoms with Gasteiger partial charge < -0.3 is 10.1 Å². The highest BCUT2D eigenvalue weighted by atomic mass is 19.1. The van der Waals surface area contributed by atoms with Gasteiger partial charge in [-0.15, -0.1) is 0 Å². The fraction of sp³-hybridized carbons (Fsp3) is 0.500. The normalized spacial score (nSPS) is 22.2. The number of carbonyl (C=O) groups is 1. The molecular weight excluding hydrogens is 333 g/mol. The van der Waals surface area contributed by atoms with Gasteiger partial charge >= 0.3 is 0 Å². The Balaban J connectivity index is 1.54. The number of rotatable bonds is 4. The van der Waals surface area contributed by atoms with E-state index in [-0.39, 0.29) is 30.5 Å². The molecule has 1 aliphatic heterocycles. The number of carbonyl (C=O) groups excluding carboxylic acids is 1. The predicted octanol–water partition coefficient (Wildman–Crippen LogP) is 3.39. The third kappa shape index (κ3) is 3.14. The van der Waals surface area contributed by atoms with Crippen LogP contribution in [0.15, 0.2) is 18.2 Å². The van der Waals surface area contributed by atoms with Crippen molar-refractivity contribution in [1.82, 2.24) is 15.1 Å². The molecule has 138 valence electrons. The molecular formula is C20H24FN3O2. The maximum atomic E-state index is 14.1. The molecule has 2 aliphatic rings. The van der Waals surface area contributed by atoms with Crippen molar-refractivity contribution in [2.45, 2.75) is 57.8 Å². The smallest absolute Gasteiger partial charge is 0.270 e. The summed E-state index contributed by atoms with van der Waals surface area (Å²) < 4.78 is 21.5. The van der Waals surface area contributed by atoms with Gasteiger partial charge in [0.1, 0.15) is 11.5 Å². The lowest BCUT2D eigenvalue weighted by atomic mass is 9.99. The Morgan fingerprint density at radius 1 is 1.38 bits per heavy atom. The summed E-state index contributed by atoms with van der Waals surface area (Å²) in [5.41, 5.74) is 3.99. The van der Waals surface area contributed by atoms with E-state index in [0.29, 0.717) is 23.6 Å². The molecule has 1 aromatic carbocycles. The van der Waals surface area contributed by atoms with Crippen LogP contribution in [-0.2, 0) is 24.8 Å². The fourth-order valence-corrected chi connectivity index (χ4v) is 3.81. The van der Waals surface area contributed by atoms with Crippen LogP contribution in [0.2, 0.25) is 0 Å². The van der Waals surface area contributed by atoms with Crippen molar-refractivity contribution in [2.75, 3.05) is 0 Å². The second kappa shape index (κ2) is 6.50. The third-order valence-corrected chi connectivity index (χ3v) is 5.26. The van der Waals surface area contributed by atoms with Crippen LogP contribution in [-0.4, -0.2) is 21.8 Å². The zero-order valence-corrected chi connectivity index (χ0v) is 15.4. The number of aryl methyl sites for hydroxylation is 1. The molecule has 2 aromatic rings. The van der Waals surface area contributed by atoms with Gasteiger partial charge in [-0.3, -0.25) is 9.48 Å². The number of amides is 1. The molecule has 1 saturated carbocycles. The van der Waals surface area contributed by atoms with Crippen LogP contribution in [0, 0.1) is 5.82 Å². The molecule has 1 fully saturated rings. The van der Waals surface area contributed by atoms with E-state index in [2.05, 4.69) is 10.4 Å². The molecule has 0 saturated heterocycles. The maximum absolute atomic E-state index is 14.1. The van der Waals surface area contributed by atoms with Gasteiger partial charge in [0.15, 0.2) is 0 Å². The standard InChI is InChI=1S/C20H24FN3O2/c1-11-8-16-18(12(2)26-11)23-24(3)19(16)20(25)22-10-15-9-14(13-4-5-13)6-7-17(15)21/h6-7,9,11-13H,4-5,8,10H2,1-3H3,(H,22,25)/t11-,12+/m1/s1. The Kier molecular flexibility index (Phi) is 4.31. The van der Waals surface area contributed by atoms with Gasteiger partial charge in [0.2, 0.25) is 0 Å². The lowest BCUT2D eigenvalue weighted by Gasteiger charge is -2.24. The van der Waals surface area contributed by atoms with E-state index in [1.54, 1.807) is 11.7 Å². The van der Waals surface area contributed by atoms with Gasteiger partial charge in [-0.1, -0.05) is 12.1 Å². The summed E-state index contributed by atoms with van der Waals surface area (Å²) in [7, 11) is 1.76. The van der Waals surface area contributed by atoms with Crippen molar-refractivity contribution < 1.29 is 13.9 Å². The lowest BCUT2D eigenvalue weighted by molar-refractivity contribution is -0.00710. The van der Waals surface area contributed by atoms with Crippen molar-refractivity contribution in [3.8, 4) is 0 Å². The van der Waals surface area contributed by atoms with Crippen LogP contribution in [0.25, 0.3) is 0 Å². The fourth-order valence-electron chi connectivity index (χ4n) is 3.81. The topological polar surface area (TPSA) is 56.2 Å². The van der Waals surface area contributed by atoms with E-state index in [4.69, 9.17) is 4.74 Å². The van der Waals surface area contributed by atoms with Gasteiger partial charge in [-0.05, 0) is 44.2 Å². The third-order valence-electron chi connectivity index (χ3n) is 5.26. The second-order valence-electron chi connectivity index (χ2n) is 7.44. The number of nitrogens with one attached hydrogen (secondary N) is 1. The molecule has 1 amide bonds. The van der Waals surface area contributed by atoms with Crippen molar-refractivity contribution in [3.63, 3.8) is 0 Å². The van der Waals surface area contributed by atoms with E-state index in [1.165, 1.54) is 6.07 Å². The molecule has 0 unspecified atom stereocenters. The minimum atomic E-state index is -0.280. The number of nitrogens with zero attached hydrogens (tertiary/aromatic N) is 2. The highest BCUT2D eigenvalue weighted by Gasteiger charge is 2.31. The first-order valence-electron chi connectivity index (χ1n) is 9.21. The summed E-state index contributed by atoms with van der Waals surface area (Å²) in [6.07, 6.45) is 2.89. The van der Waals surface area contributed by atoms with Gasteiger partial charge in [-0.2, -0.15) is 5.10 Å². The van der Waals surface area contributed by atoms with Crippen LogP contribution < -0.4 is 5.32 Å². The molecule has 1 aromatic heterocycles. The molecule has 6 heteroatoms. The molecule has 0 radical (unpaired) electrons. The molecule has 0 bridgehead atoms. The predicted molar refractivity (Wildman–Crippen MR) is 95.4 cm³/mol. The summed E-state index contributed by atoms with van der Waals surface area (Å²) >= 11 is 0. The zero-order chi connectivity index (χ0) is 18.4. The van der Waals surface area contributed by atoms with Gasteiger partial charge in [0, 0.05) is 31.1 Å². The Bertz CT molecular complexity index is 857. The first-order valence-corrected chi connectivity index (χ1v) is 9.21. The molecule has 5 nitrogen and oxygen atoms in total. The molecule has 2 heterocycles. The number of hydrogen-bond acceptors (Lipinski definition) is 3. The first kappa shape index (κ1) is 17.2. The van der Waals surface area contributed by atoms with Crippen LogP contribution in [0.5, 0.6) is 0 Å². The average Bonchev–Trinajstić information content (AvgIpc) is 3.37. The Morgan fingerprint density at radius 3 is 2.88 bits per heavy atom. The number of hydrogen-bond donors (Lipinski definition) is 1. The van der Waals surface area contributed by atoms with Gasteiger partial charge in [-0.25, -0.2) is 4.39 Å². The SMILES string of the molecule is C[C@@H]1Cc2c(nn(C)c2C(=O)NCc2cc(C3CC3)ccc2F)[C@H](C)O1. The minimum absolute atomic E-state index is 0.0425. The van der Waals surface area contributed by atoms with E-state index in [0.717, 1.165) is 29.7 Å². The maximum Gasteiger partial charge on any atom is 0.270 e. The Hall–Kier alpha value is -2.21. The molecule has 1 aliphatic carbocycles. The molecule has 4 rings (SSSR count). The highest BCUT2D eigenvalue weighted by Crippen LogP contribution is 2.40. The lowest BCUT2D eigenvalue weighted by Crippen LogP contribution is -2.28. The number of ether oxygens (including phenoxy) is 1. The quantitative estimate of drug-likeness (QED) is 0.913. The molecule has 2 atom stereocenters. The Labute approximate surface area is 152 Å². The number of fused-ring (bicyclic) bond motifs is 1. The molecule has 0 spiro atoms.